The normalized spacial score (nSPS) is 14.5. The smallest absolute Gasteiger partial charge is 0.228 e. The summed E-state index contributed by atoms with van der Waals surface area (Å²) in [5.74, 6) is 1.60. The van der Waals surface area contributed by atoms with E-state index >= 15 is 0 Å². The second-order valence-electron chi connectivity index (χ2n) is 6.51. The Bertz CT molecular complexity index is 913. The number of nitrogens with one attached hydrogen (secondary N) is 1. The molecule has 4 rings (SSSR count). The zero-order valence-corrected chi connectivity index (χ0v) is 16.4. The molecule has 2 aromatic heterocycles. The van der Waals surface area contributed by atoms with Gasteiger partial charge in [-0.3, -0.25) is 0 Å². The van der Waals surface area contributed by atoms with E-state index in [2.05, 4.69) is 56.4 Å². The van der Waals surface area contributed by atoms with Gasteiger partial charge in [0, 0.05) is 39.8 Å². The molecule has 1 aliphatic heterocycles. The van der Waals surface area contributed by atoms with Crippen molar-refractivity contribution < 1.29 is 0 Å². The van der Waals surface area contributed by atoms with Crippen LogP contribution in [-0.2, 0) is 6.54 Å². The molecule has 27 heavy (non-hydrogen) atoms. The van der Waals surface area contributed by atoms with E-state index in [0.717, 1.165) is 60.5 Å². The molecule has 140 valence electrons. The number of fused-ring (bicyclic) bond motifs is 1. The van der Waals surface area contributed by atoms with Crippen molar-refractivity contribution in [1.29, 1.82) is 0 Å². The summed E-state index contributed by atoms with van der Waals surface area (Å²) in [7, 11) is 2.05. The number of anilines is 2. The molecule has 1 saturated heterocycles. The number of rotatable bonds is 5. The average molecular weight is 382 g/mol. The largest absolute Gasteiger partial charge is 0.353 e. The van der Waals surface area contributed by atoms with Crippen LogP contribution >= 0.6 is 11.8 Å². The number of piperazine rings is 1. The van der Waals surface area contributed by atoms with Crippen LogP contribution in [0.1, 0.15) is 5.56 Å². The van der Waals surface area contributed by atoms with Crippen LogP contribution in [0.2, 0.25) is 0 Å². The number of hydrogen-bond donors (Lipinski definition) is 1. The van der Waals surface area contributed by atoms with Gasteiger partial charge in [0.25, 0.3) is 0 Å². The van der Waals surface area contributed by atoms with Gasteiger partial charge in [-0.25, -0.2) is 15.0 Å². The lowest BCUT2D eigenvalue weighted by Crippen LogP contribution is -2.44. The fourth-order valence-electron chi connectivity index (χ4n) is 3.25. The first kappa shape index (κ1) is 17.9. The first-order valence-corrected chi connectivity index (χ1v) is 10.3. The fourth-order valence-corrected chi connectivity index (χ4v) is 3.74. The Morgan fingerprint density at radius 1 is 1.07 bits per heavy atom. The van der Waals surface area contributed by atoms with Crippen LogP contribution in [0.5, 0.6) is 0 Å². The molecule has 1 aliphatic rings. The van der Waals surface area contributed by atoms with E-state index in [1.807, 2.05) is 12.3 Å². The maximum atomic E-state index is 4.91. The van der Waals surface area contributed by atoms with Crippen LogP contribution in [-0.4, -0.2) is 59.4 Å². The van der Waals surface area contributed by atoms with Gasteiger partial charge in [-0.05, 0) is 11.8 Å². The summed E-state index contributed by atoms with van der Waals surface area (Å²) in [5, 5.41) is 4.26. The van der Waals surface area contributed by atoms with Crippen LogP contribution in [0.25, 0.3) is 11.0 Å². The van der Waals surface area contributed by atoms with Crippen molar-refractivity contribution in [2.45, 2.75) is 11.6 Å². The molecule has 0 radical (unpaired) electrons. The Hall–Kier alpha value is -2.45. The minimum atomic E-state index is 0.754. The van der Waals surface area contributed by atoms with Crippen LogP contribution < -0.4 is 15.1 Å². The molecule has 3 aromatic rings. The summed E-state index contributed by atoms with van der Waals surface area (Å²) >= 11 is 1.59. The van der Waals surface area contributed by atoms with Gasteiger partial charge in [0.15, 0.2) is 5.82 Å². The molecule has 3 heterocycles. The highest BCUT2D eigenvalue weighted by Gasteiger charge is 2.20. The minimum absolute atomic E-state index is 0.754. The second kappa shape index (κ2) is 8.06. The van der Waals surface area contributed by atoms with Gasteiger partial charge in [0.1, 0.15) is 22.4 Å². The van der Waals surface area contributed by atoms with Gasteiger partial charge in [0.05, 0.1) is 0 Å². The van der Waals surface area contributed by atoms with E-state index in [-0.39, 0.29) is 0 Å². The van der Waals surface area contributed by atoms with Crippen LogP contribution in [0.15, 0.2) is 41.7 Å². The Morgan fingerprint density at radius 3 is 2.59 bits per heavy atom. The van der Waals surface area contributed by atoms with Gasteiger partial charge < -0.3 is 15.1 Å². The maximum Gasteiger partial charge on any atom is 0.228 e. The summed E-state index contributed by atoms with van der Waals surface area (Å²) in [6.45, 7) is 4.44. The Morgan fingerprint density at radius 2 is 1.85 bits per heavy atom. The van der Waals surface area contributed by atoms with E-state index in [1.54, 1.807) is 18.1 Å². The molecule has 0 bridgehead atoms. The molecule has 0 spiro atoms. The SMILES string of the molecule is CSc1ncnc2c(N(C)Cc3ccccc3)nc(N3CCNCC3)nc12. The van der Waals surface area contributed by atoms with Gasteiger partial charge >= 0.3 is 0 Å². The van der Waals surface area contributed by atoms with Crippen LogP contribution in [0.3, 0.4) is 0 Å². The molecule has 1 fully saturated rings. The van der Waals surface area contributed by atoms with Crippen molar-refractivity contribution >= 4 is 34.6 Å². The maximum absolute atomic E-state index is 4.91. The number of nitrogens with zero attached hydrogens (tertiary/aromatic N) is 6. The zero-order valence-electron chi connectivity index (χ0n) is 15.6. The highest BCUT2D eigenvalue weighted by Crippen LogP contribution is 2.29. The third-order valence-corrected chi connectivity index (χ3v) is 5.32. The Balaban J connectivity index is 1.79. The van der Waals surface area contributed by atoms with Crippen molar-refractivity contribution in [3.63, 3.8) is 0 Å². The number of aromatic nitrogens is 4. The summed E-state index contributed by atoms with van der Waals surface area (Å²) in [6.07, 6.45) is 3.61. The monoisotopic (exact) mass is 381 g/mol. The highest BCUT2D eigenvalue weighted by molar-refractivity contribution is 7.98. The lowest BCUT2D eigenvalue weighted by Gasteiger charge is -2.29. The lowest BCUT2D eigenvalue weighted by molar-refractivity contribution is 0.580. The first-order chi connectivity index (χ1) is 13.3. The zero-order chi connectivity index (χ0) is 18.6. The Kier molecular flexibility index (Phi) is 5.35. The number of thioether (sulfide) groups is 1. The van der Waals surface area contributed by atoms with Gasteiger partial charge in [-0.15, -0.1) is 11.8 Å². The third kappa shape index (κ3) is 3.81. The van der Waals surface area contributed by atoms with Crippen molar-refractivity contribution in [3.8, 4) is 0 Å². The van der Waals surface area contributed by atoms with E-state index in [1.165, 1.54) is 5.56 Å². The Labute approximate surface area is 163 Å². The van der Waals surface area contributed by atoms with Crippen molar-refractivity contribution in [2.75, 3.05) is 49.3 Å². The fraction of sp³-hybridized carbons (Fsp3) is 0.368. The average Bonchev–Trinajstić information content (AvgIpc) is 2.73. The second-order valence-corrected chi connectivity index (χ2v) is 7.30. The van der Waals surface area contributed by atoms with E-state index in [9.17, 15) is 0 Å². The standard InChI is InChI=1S/C19H23N7S/c1-25(12-14-6-4-3-5-7-14)17-15-16(18(27-2)22-13-21-15)23-19(24-17)26-10-8-20-9-11-26/h3-7,13,20H,8-12H2,1-2H3. The van der Waals surface area contributed by atoms with Gasteiger partial charge in [0.2, 0.25) is 5.95 Å². The van der Waals surface area contributed by atoms with Crippen molar-refractivity contribution in [1.82, 2.24) is 25.3 Å². The molecule has 1 N–H and O–H groups in total. The number of hydrogen-bond acceptors (Lipinski definition) is 8. The summed E-state index contributed by atoms with van der Waals surface area (Å²) in [6, 6.07) is 10.4. The summed E-state index contributed by atoms with van der Waals surface area (Å²) in [4.78, 5) is 23.0. The quantitative estimate of drug-likeness (QED) is 0.533. The summed E-state index contributed by atoms with van der Waals surface area (Å²) in [5.41, 5.74) is 2.85. The van der Waals surface area contributed by atoms with Crippen LogP contribution in [0.4, 0.5) is 11.8 Å². The molecular weight excluding hydrogens is 358 g/mol. The molecule has 0 amide bonds. The molecule has 0 unspecified atom stereocenters. The molecular formula is C19H23N7S. The van der Waals surface area contributed by atoms with E-state index in [0.29, 0.717) is 0 Å². The molecule has 1 aromatic carbocycles. The molecule has 0 saturated carbocycles. The predicted octanol–water partition coefficient (Wildman–Crippen LogP) is 2.19. The first-order valence-electron chi connectivity index (χ1n) is 9.03. The topological polar surface area (TPSA) is 70.1 Å². The van der Waals surface area contributed by atoms with Crippen molar-refractivity contribution in [3.05, 3.63) is 42.2 Å². The highest BCUT2D eigenvalue weighted by atomic mass is 32.2. The van der Waals surface area contributed by atoms with Crippen LogP contribution in [0, 0.1) is 0 Å². The van der Waals surface area contributed by atoms with E-state index in [4.69, 9.17) is 9.97 Å². The molecule has 7 nitrogen and oxygen atoms in total. The van der Waals surface area contributed by atoms with Gasteiger partial charge in [-0.1, -0.05) is 30.3 Å². The molecule has 8 heteroatoms. The van der Waals surface area contributed by atoms with Crippen molar-refractivity contribution in [2.24, 2.45) is 0 Å². The minimum Gasteiger partial charge on any atom is -0.353 e. The predicted molar refractivity (Wildman–Crippen MR) is 111 cm³/mol. The summed E-state index contributed by atoms with van der Waals surface area (Å²) < 4.78 is 0. The number of benzene rings is 1. The van der Waals surface area contributed by atoms with E-state index < -0.39 is 0 Å². The third-order valence-electron chi connectivity index (χ3n) is 4.64. The molecule has 0 atom stereocenters. The lowest BCUT2D eigenvalue weighted by atomic mass is 10.2. The molecule has 0 aliphatic carbocycles. The van der Waals surface area contributed by atoms with Gasteiger partial charge in [-0.2, -0.15) is 4.98 Å².